The molecule has 0 spiro atoms. The maximum Gasteiger partial charge on any atom is 0.0541 e. The maximum absolute atomic E-state index is 4.33. The third-order valence-corrected chi connectivity index (χ3v) is 3.14. The Bertz CT molecular complexity index is 317. The first-order valence-electron chi connectivity index (χ1n) is 6.14. The summed E-state index contributed by atoms with van der Waals surface area (Å²) in [6.07, 6.45) is 8.95. The lowest BCUT2D eigenvalue weighted by atomic mass is 10.1. The van der Waals surface area contributed by atoms with Crippen LogP contribution in [0.5, 0.6) is 0 Å². The first-order valence-corrected chi connectivity index (χ1v) is 6.14. The third-order valence-electron chi connectivity index (χ3n) is 3.14. The zero-order chi connectivity index (χ0) is 11.2. The van der Waals surface area contributed by atoms with Gasteiger partial charge in [0.2, 0.25) is 0 Å². The molecular formula is C14H20N2. The summed E-state index contributed by atoms with van der Waals surface area (Å²) in [5.74, 6) is 0.892. The molecule has 1 atom stereocenters. The van der Waals surface area contributed by atoms with Gasteiger partial charge in [-0.15, -0.1) is 6.58 Å². The van der Waals surface area contributed by atoms with Gasteiger partial charge in [0.1, 0.15) is 0 Å². The van der Waals surface area contributed by atoms with Gasteiger partial charge in [-0.25, -0.2) is 0 Å². The fourth-order valence-corrected chi connectivity index (χ4v) is 2.04. The molecule has 1 fully saturated rings. The van der Waals surface area contributed by atoms with Crippen molar-refractivity contribution in [3.63, 3.8) is 0 Å². The van der Waals surface area contributed by atoms with E-state index in [2.05, 4.69) is 22.9 Å². The van der Waals surface area contributed by atoms with Gasteiger partial charge in [-0.05, 0) is 43.7 Å². The number of allylic oxidation sites excluding steroid dienone is 1. The molecule has 2 nitrogen and oxygen atoms in total. The number of hydrogen-bond donors (Lipinski definition) is 1. The van der Waals surface area contributed by atoms with Gasteiger partial charge in [0.25, 0.3) is 0 Å². The molecule has 86 valence electrons. The zero-order valence-electron chi connectivity index (χ0n) is 9.73. The van der Waals surface area contributed by atoms with Crippen LogP contribution in [0.1, 0.15) is 31.4 Å². The monoisotopic (exact) mass is 216 g/mol. The van der Waals surface area contributed by atoms with Crippen LogP contribution in [0.15, 0.2) is 37.1 Å². The van der Waals surface area contributed by atoms with Gasteiger partial charge < -0.3 is 5.32 Å². The highest BCUT2D eigenvalue weighted by Crippen LogP contribution is 2.34. The summed E-state index contributed by atoms with van der Waals surface area (Å²) in [4.78, 5) is 4.33. The molecule has 2 heteroatoms. The van der Waals surface area contributed by atoms with E-state index in [-0.39, 0.29) is 0 Å². The predicted octanol–water partition coefficient (Wildman–Crippen LogP) is 2.92. The second-order valence-corrected chi connectivity index (χ2v) is 4.51. The smallest absolute Gasteiger partial charge is 0.0541 e. The van der Waals surface area contributed by atoms with E-state index in [0.717, 1.165) is 24.6 Å². The van der Waals surface area contributed by atoms with Crippen molar-refractivity contribution in [1.29, 1.82) is 0 Å². The van der Waals surface area contributed by atoms with Crippen LogP contribution in [-0.4, -0.2) is 11.0 Å². The average Bonchev–Trinajstić information content (AvgIpc) is 3.15. The summed E-state index contributed by atoms with van der Waals surface area (Å²) >= 11 is 0. The van der Waals surface area contributed by atoms with Crippen molar-refractivity contribution in [1.82, 2.24) is 10.3 Å². The van der Waals surface area contributed by atoms with Gasteiger partial charge in [-0.3, -0.25) is 4.98 Å². The Morgan fingerprint density at radius 1 is 1.50 bits per heavy atom. The summed E-state index contributed by atoms with van der Waals surface area (Å²) < 4.78 is 0. The molecule has 1 N–H and O–H groups in total. The van der Waals surface area contributed by atoms with Crippen molar-refractivity contribution < 1.29 is 0 Å². The highest BCUT2D eigenvalue weighted by molar-refractivity contribution is 5.03. The van der Waals surface area contributed by atoms with Crippen LogP contribution in [0.3, 0.4) is 0 Å². The standard InChI is InChI=1S/C14H20N2/c1-2-3-7-14(12-8-9-12)16-11-13-6-4-5-10-15-13/h2,4-6,10,12,14,16H,1,3,7-9,11H2. The third kappa shape index (κ3) is 3.46. The largest absolute Gasteiger partial charge is 0.308 e. The molecule has 1 aromatic rings. The molecule has 2 rings (SSSR count). The molecule has 1 saturated carbocycles. The SMILES string of the molecule is C=CCCC(NCc1ccccn1)C1CC1. The molecule has 0 saturated heterocycles. The number of rotatable bonds is 7. The molecule has 0 aliphatic heterocycles. The van der Waals surface area contributed by atoms with Crippen molar-refractivity contribution in [2.75, 3.05) is 0 Å². The lowest BCUT2D eigenvalue weighted by molar-refractivity contribution is 0.434. The minimum atomic E-state index is 0.653. The van der Waals surface area contributed by atoms with Gasteiger partial charge in [0.15, 0.2) is 0 Å². The summed E-state index contributed by atoms with van der Waals surface area (Å²) in [5.41, 5.74) is 1.13. The van der Waals surface area contributed by atoms with Gasteiger partial charge >= 0.3 is 0 Å². The molecule has 0 amide bonds. The number of aromatic nitrogens is 1. The molecule has 0 radical (unpaired) electrons. The minimum absolute atomic E-state index is 0.653. The van der Waals surface area contributed by atoms with Crippen molar-refractivity contribution in [3.8, 4) is 0 Å². The van der Waals surface area contributed by atoms with Gasteiger partial charge in [0, 0.05) is 18.8 Å². The Morgan fingerprint density at radius 3 is 3.00 bits per heavy atom. The van der Waals surface area contributed by atoms with E-state index in [1.165, 1.54) is 19.3 Å². The normalized spacial score (nSPS) is 17.0. The number of nitrogens with zero attached hydrogens (tertiary/aromatic N) is 1. The van der Waals surface area contributed by atoms with Crippen LogP contribution in [0, 0.1) is 5.92 Å². The number of nitrogens with one attached hydrogen (secondary N) is 1. The lowest BCUT2D eigenvalue weighted by Crippen LogP contribution is -2.30. The Kier molecular flexibility index (Phi) is 4.11. The zero-order valence-corrected chi connectivity index (χ0v) is 9.73. The van der Waals surface area contributed by atoms with E-state index in [4.69, 9.17) is 0 Å². The Balaban J connectivity index is 1.79. The lowest BCUT2D eigenvalue weighted by Gasteiger charge is -2.17. The summed E-state index contributed by atoms with van der Waals surface area (Å²) in [6, 6.07) is 6.73. The van der Waals surface area contributed by atoms with Crippen molar-refractivity contribution in [3.05, 3.63) is 42.7 Å². The molecule has 0 bridgehead atoms. The van der Waals surface area contributed by atoms with Crippen LogP contribution < -0.4 is 5.32 Å². The topological polar surface area (TPSA) is 24.9 Å². The quantitative estimate of drug-likeness (QED) is 0.709. The predicted molar refractivity (Wildman–Crippen MR) is 67.0 cm³/mol. The second-order valence-electron chi connectivity index (χ2n) is 4.51. The van der Waals surface area contributed by atoms with Crippen molar-refractivity contribution >= 4 is 0 Å². The molecule has 1 aromatic heterocycles. The Hall–Kier alpha value is -1.15. The van der Waals surface area contributed by atoms with Gasteiger partial charge in [-0.2, -0.15) is 0 Å². The van der Waals surface area contributed by atoms with E-state index < -0.39 is 0 Å². The molecule has 1 aliphatic rings. The molecule has 1 heterocycles. The van der Waals surface area contributed by atoms with E-state index >= 15 is 0 Å². The fraction of sp³-hybridized carbons (Fsp3) is 0.500. The number of pyridine rings is 1. The van der Waals surface area contributed by atoms with Gasteiger partial charge in [-0.1, -0.05) is 12.1 Å². The molecule has 16 heavy (non-hydrogen) atoms. The van der Waals surface area contributed by atoms with Crippen molar-refractivity contribution in [2.24, 2.45) is 5.92 Å². The van der Waals surface area contributed by atoms with Crippen LogP contribution >= 0.6 is 0 Å². The highest BCUT2D eigenvalue weighted by atomic mass is 14.9. The summed E-state index contributed by atoms with van der Waals surface area (Å²) in [6.45, 7) is 4.68. The van der Waals surface area contributed by atoms with E-state index in [9.17, 15) is 0 Å². The van der Waals surface area contributed by atoms with Crippen LogP contribution in [-0.2, 0) is 6.54 Å². The maximum atomic E-state index is 4.33. The fourth-order valence-electron chi connectivity index (χ4n) is 2.04. The van der Waals surface area contributed by atoms with E-state index in [1.54, 1.807) is 0 Å². The molecule has 0 aromatic carbocycles. The molecule has 1 aliphatic carbocycles. The van der Waals surface area contributed by atoms with Crippen molar-refractivity contribution in [2.45, 2.75) is 38.3 Å². The van der Waals surface area contributed by atoms with Crippen LogP contribution in [0.4, 0.5) is 0 Å². The van der Waals surface area contributed by atoms with Crippen LogP contribution in [0.25, 0.3) is 0 Å². The van der Waals surface area contributed by atoms with E-state index in [1.807, 2.05) is 24.4 Å². The summed E-state index contributed by atoms with van der Waals surface area (Å²) in [5, 5.41) is 3.62. The average molecular weight is 216 g/mol. The first kappa shape index (κ1) is 11.3. The Labute approximate surface area is 97.8 Å². The minimum Gasteiger partial charge on any atom is -0.308 e. The molecular weight excluding hydrogens is 196 g/mol. The second kappa shape index (κ2) is 5.80. The van der Waals surface area contributed by atoms with E-state index in [0.29, 0.717) is 6.04 Å². The highest BCUT2D eigenvalue weighted by Gasteiger charge is 2.30. The number of hydrogen-bond acceptors (Lipinski definition) is 2. The first-order chi connectivity index (χ1) is 7.90. The summed E-state index contributed by atoms with van der Waals surface area (Å²) in [7, 11) is 0. The van der Waals surface area contributed by atoms with Gasteiger partial charge in [0.05, 0.1) is 5.69 Å². The molecule has 1 unspecified atom stereocenters. The Morgan fingerprint density at radius 2 is 2.38 bits per heavy atom. The van der Waals surface area contributed by atoms with Crippen LogP contribution in [0.2, 0.25) is 0 Å².